The molecule has 0 aromatic rings. The Bertz CT molecular complexity index is 435. The minimum Gasteiger partial charge on any atom is -0.481 e. The molecule has 0 radical (unpaired) electrons. The van der Waals surface area contributed by atoms with Crippen molar-refractivity contribution in [3.05, 3.63) is 12.2 Å². The summed E-state index contributed by atoms with van der Waals surface area (Å²) in [6, 6.07) is 0. The molecule has 2 bridgehead atoms. The van der Waals surface area contributed by atoms with Crippen LogP contribution in [0.25, 0.3) is 0 Å². The molecule has 5 heteroatoms. The molecule has 5 nitrogen and oxygen atoms in total. The largest absolute Gasteiger partial charge is 0.481 e. The van der Waals surface area contributed by atoms with Crippen LogP contribution in [0.4, 0.5) is 0 Å². The summed E-state index contributed by atoms with van der Waals surface area (Å²) in [4.78, 5) is 23.6. The lowest BCUT2D eigenvalue weighted by atomic mass is 9.82. The minimum absolute atomic E-state index is 0.183. The summed E-state index contributed by atoms with van der Waals surface area (Å²) >= 11 is 0. The number of unbranched alkanes of at least 4 members (excludes halogenated alkanes) is 7. The minimum atomic E-state index is -0.950. The van der Waals surface area contributed by atoms with E-state index in [0.29, 0.717) is 6.54 Å². The van der Waals surface area contributed by atoms with Crippen LogP contribution < -0.4 is 5.32 Å². The summed E-state index contributed by atoms with van der Waals surface area (Å²) in [5.74, 6) is -2.47. The summed E-state index contributed by atoms with van der Waals surface area (Å²) in [5.41, 5.74) is 0. The molecular formula is C18H29NO4. The van der Waals surface area contributed by atoms with Crippen molar-refractivity contribution in [2.24, 2.45) is 11.8 Å². The average Bonchev–Trinajstić information content (AvgIpc) is 3.14. The van der Waals surface area contributed by atoms with Crippen LogP contribution in [-0.2, 0) is 14.3 Å². The molecule has 2 N–H and O–H groups in total. The van der Waals surface area contributed by atoms with Crippen LogP contribution in [0.2, 0.25) is 0 Å². The standard InChI is InChI=1S/C18H29NO4/c1-2-3-4-5-6-7-8-9-12-19-17(20)15-13-10-11-14(23-13)16(15)18(21)22/h10-11,13-16H,2-9,12H2,1H3,(H,19,20)(H,21,22)/t13-,14+,15+,16-/m0/s1. The fourth-order valence-electron chi connectivity index (χ4n) is 3.50. The van der Waals surface area contributed by atoms with Gasteiger partial charge in [-0.05, 0) is 6.42 Å². The predicted molar refractivity (Wildman–Crippen MR) is 88.0 cm³/mol. The third-order valence-corrected chi connectivity index (χ3v) is 4.82. The first-order valence-corrected chi connectivity index (χ1v) is 8.99. The van der Waals surface area contributed by atoms with Crippen LogP contribution in [0.1, 0.15) is 58.3 Å². The number of nitrogens with one attached hydrogen (secondary N) is 1. The van der Waals surface area contributed by atoms with E-state index in [1.54, 1.807) is 6.08 Å². The summed E-state index contributed by atoms with van der Waals surface area (Å²) in [6.45, 7) is 2.84. The van der Waals surface area contributed by atoms with Gasteiger partial charge in [-0.2, -0.15) is 0 Å². The van der Waals surface area contributed by atoms with E-state index in [0.717, 1.165) is 12.8 Å². The number of carbonyl (C=O) groups is 2. The molecule has 23 heavy (non-hydrogen) atoms. The number of amides is 1. The van der Waals surface area contributed by atoms with E-state index in [1.165, 1.54) is 38.5 Å². The topological polar surface area (TPSA) is 75.6 Å². The summed E-state index contributed by atoms with van der Waals surface area (Å²) < 4.78 is 5.52. The maximum atomic E-state index is 12.3. The molecule has 0 spiro atoms. The number of ether oxygens (including phenoxy) is 1. The molecule has 0 unspecified atom stereocenters. The fraction of sp³-hybridized carbons (Fsp3) is 0.778. The molecule has 0 aromatic carbocycles. The zero-order chi connectivity index (χ0) is 16.7. The zero-order valence-corrected chi connectivity index (χ0v) is 14.0. The van der Waals surface area contributed by atoms with Gasteiger partial charge >= 0.3 is 5.97 Å². The highest BCUT2D eigenvalue weighted by Gasteiger charge is 2.53. The van der Waals surface area contributed by atoms with Gasteiger partial charge in [0.15, 0.2) is 0 Å². The van der Waals surface area contributed by atoms with Gasteiger partial charge in [0.2, 0.25) is 5.91 Å². The van der Waals surface area contributed by atoms with E-state index in [-0.39, 0.29) is 12.0 Å². The molecule has 1 amide bonds. The quantitative estimate of drug-likeness (QED) is 0.453. The van der Waals surface area contributed by atoms with E-state index in [4.69, 9.17) is 4.74 Å². The second-order valence-electron chi connectivity index (χ2n) is 6.61. The van der Waals surface area contributed by atoms with Crippen molar-refractivity contribution in [1.29, 1.82) is 0 Å². The molecule has 4 atom stereocenters. The van der Waals surface area contributed by atoms with Crippen molar-refractivity contribution in [3.8, 4) is 0 Å². The molecule has 130 valence electrons. The van der Waals surface area contributed by atoms with Crippen LogP contribution >= 0.6 is 0 Å². The third kappa shape index (κ3) is 4.80. The lowest BCUT2D eigenvalue weighted by Gasteiger charge is -2.20. The monoisotopic (exact) mass is 323 g/mol. The Labute approximate surface area is 138 Å². The number of carboxylic acids is 1. The number of carboxylic acid groups (broad SMARTS) is 1. The van der Waals surface area contributed by atoms with Crippen LogP contribution in [0.15, 0.2) is 12.2 Å². The molecule has 1 saturated heterocycles. The molecule has 1 fully saturated rings. The van der Waals surface area contributed by atoms with Crippen molar-refractivity contribution < 1.29 is 19.4 Å². The van der Waals surface area contributed by atoms with E-state index >= 15 is 0 Å². The van der Waals surface area contributed by atoms with Gasteiger partial charge in [-0.25, -0.2) is 0 Å². The van der Waals surface area contributed by atoms with Crippen LogP contribution in [0.5, 0.6) is 0 Å². The number of rotatable bonds is 11. The Morgan fingerprint density at radius 3 is 2.13 bits per heavy atom. The van der Waals surface area contributed by atoms with E-state index < -0.39 is 23.9 Å². The number of hydrogen-bond acceptors (Lipinski definition) is 3. The maximum Gasteiger partial charge on any atom is 0.310 e. The molecule has 2 rings (SSSR count). The van der Waals surface area contributed by atoms with Crippen LogP contribution in [0, 0.1) is 11.8 Å². The van der Waals surface area contributed by atoms with Gasteiger partial charge in [-0.3, -0.25) is 9.59 Å². The Balaban J connectivity index is 1.60. The number of fused-ring (bicyclic) bond motifs is 2. The predicted octanol–water partition coefficient (Wildman–Crippen LogP) is 2.90. The van der Waals surface area contributed by atoms with Crippen molar-refractivity contribution in [2.75, 3.05) is 6.54 Å². The lowest BCUT2D eigenvalue weighted by molar-refractivity contribution is -0.146. The second-order valence-corrected chi connectivity index (χ2v) is 6.61. The molecule has 0 saturated carbocycles. The number of carbonyl (C=O) groups excluding carboxylic acids is 1. The van der Waals surface area contributed by atoms with Crippen LogP contribution in [0.3, 0.4) is 0 Å². The first-order valence-electron chi connectivity index (χ1n) is 8.99. The highest BCUT2D eigenvalue weighted by Crippen LogP contribution is 2.39. The second kappa shape index (κ2) is 9.06. The van der Waals surface area contributed by atoms with Gasteiger partial charge in [0.05, 0.1) is 18.1 Å². The zero-order valence-electron chi connectivity index (χ0n) is 14.0. The van der Waals surface area contributed by atoms with Gasteiger partial charge in [0.25, 0.3) is 0 Å². The van der Waals surface area contributed by atoms with Gasteiger partial charge in [0.1, 0.15) is 5.92 Å². The molecule has 0 aliphatic carbocycles. The van der Waals surface area contributed by atoms with Gasteiger partial charge in [-0.15, -0.1) is 0 Å². The lowest BCUT2D eigenvalue weighted by Crippen LogP contribution is -2.42. The number of hydrogen-bond donors (Lipinski definition) is 2. The van der Waals surface area contributed by atoms with Crippen molar-refractivity contribution in [1.82, 2.24) is 5.32 Å². The van der Waals surface area contributed by atoms with Crippen molar-refractivity contribution in [3.63, 3.8) is 0 Å². The third-order valence-electron chi connectivity index (χ3n) is 4.82. The Morgan fingerprint density at radius 1 is 0.957 bits per heavy atom. The first-order chi connectivity index (χ1) is 11.1. The van der Waals surface area contributed by atoms with Crippen molar-refractivity contribution in [2.45, 2.75) is 70.5 Å². The normalized spacial score (nSPS) is 28.2. The smallest absolute Gasteiger partial charge is 0.310 e. The summed E-state index contributed by atoms with van der Waals surface area (Å²) in [6.07, 6.45) is 12.5. The van der Waals surface area contributed by atoms with E-state index in [9.17, 15) is 14.7 Å². The van der Waals surface area contributed by atoms with Gasteiger partial charge in [0, 0.05) is 6.54 Å². The molecule has 0 aromatic heterocycles. The Kier molecular flexibility index (Phi) is 7.09. The van der Waals surface area contributed by atoms with Gasteiger partial charge in [-0.1, -0.05) is 64.0 Å². The summed E-state index contributed by atoms with van der Waals surface area (Å²) in [5, 5.41) is 12.2. The molecule has 2 heterocycles. The van der Waals surface area contributed by atoms with Crippen LogP contribution in [-0.4, -0.2) is 35.7 Å². The SMILES string of the molecule is CCCCCCCCCCNC(=O)[C@H]1[C@@H](C(=O)O)[C@H]2C=C[C@@H]1O2. The molecular weight excluding hydrogens is 294 g/mol. The highest BCUT2D eigenvalue weighted by atomic mass is 16.5. The first kappa shape index (κ1) is 18.0. The average molecular weight is 323 g/mol. The molecule has 2 aliphatic heterocycles. The Hall–Kier alpha value is -1.36. The number of aliphatic carboxylic acids is 1. The van der Waals surface area contributed by atoms with Crippen molar-refractivity contribution >= 4 is 11.9 Å². The maximum absolute atomic E-state index is 12.3. The molecule has 2 aliphatic rings. The highest BCUT2D eigenvalue weighted by molar-refractivity contribution is 5.87. The Morgan fingerprint density at radius 2 is 1.52 bits per heavy atom. The van der Waals surface area contributed by atoms with E-state index in [2.05, 4.69) is 12.2 Å². The summed E-state index contributed by atoms with van der Waals surface area (Å²) in [7, 11) is 0. The fourth-order valence-corrected chi connectivity index (χ4v) is 3.50. The van der Waals surface area contributed by atoms with Gasteiger partial charge < -0.3 is 15.2 Å². The van der Waals surface area contributed by atoms with E-state index in [1.807, 2.05) is 6.08 Å².